The largest absolute Gasteiger partial charge is 0.466 e. The Morgan fingerprint density at radius 3 is 2.22 bits per heavy atom. The standard InChI is InChI=1S/C26H29Cl2NO6S/c1-14(2)34-17(5)35-18-10-12-19(13-11-18)36(31,32)25-16(4)29-15(3)22(26(30)33-6)23(25)20-8-7-9-21(27)24(20)28/h7-14,17,23,29H,1-6H3. The number of hydrogen-bond acceptors (Lipinski definition) is 7. The van der Waals surface area contributed by atoms with E-state index in [1.54, 1.807) is 51.1 Å². The molecule has 0 spiro atoms. The summed E-state index contributed by atoms with van der Waals surface area (Å²) in [4.78, 5) is 12.9. The molecule has 1 aliphatic rings. The Bertz CT molecular complexity index is 1320. The predicted molar refractivity (Wildman–Crippen MR) is 140 cm³/mol. The summed E-state index contributed by atoms with van der Waals surface area (Å²) < 4.78 is 44.3. The summed E-state index contributed by atoms with van der Waals surface area (Å²) in [6.07, 6.45) is -0.533. The number of carbonyl (C=O) groups excluding carboxylic acids is 1. The van der Waals surface area contributed by atoms with Gasteiger partial charge in [-0.05, 0) is 70.5 Å². The van der Waals surface area contributed by atoms with Crippen LogP contribution < -0.4 is 10.1 Å². The van der Waals surface area contributed by atoms with Crippen LogP contribution in [-0.4, -0.2) is 33.9 Å². The summed E-state index contributed by atoms with van der Waals surface area (Å²) in [5.74, 6) is -1.26. The number of methoxy groups -OCH3 is 1. The van der Waals surface area contributed by atoms with Gasteiger partial charge in [0.05, 0.1) is 44.6 Å². The first-order valence-corrected chi connectivity index (χ1v) is 13.5. The Labute approximate surface area is 221 Å². The number of rotatable bonds is 8. The van der Waals surface area contributed by atoms with E-state index in [2.05, 4.69) is 5.32 Å². The molecule has 1 N–H and O–H groups in total. The molecular weight excluding hydrogens is 525 g/mol. The first-order valence-electron chi connectivity index (χ1n) is 11.3. The van der Waals surface area contributed by atoms with Gasteiger partial charge in [0.25, 0.3) is 0 Å². The van der Waals surface area contributed by atoms with E-state index in [4.69, 9.17) is 37.4 Å². The second-order valence-electron chi connectivity index (χ2n) is 8.57. The number of allylic oxidation sites excluding steroid dienone is 3. The van der Waals surface area contributed by atoms with E-state index in [9.17, 15) is 13.2 Å². The average Bonchev–Trinajstić information content (AvgIpc) is 2.79. The number of ether oxygens (including phenoxy) is 3. The van der Waals surface area contributed by atoms with Gasteiger partial charge in [-0.2, -0.15) is 0 Å². The zero-order chi connectivity index (χ0) is 26.8. The number of esters is 1. The zero-order valence-corrected chi connectivity index (χ0v) is 23.2. The SMILES string of the molecule is COC(=O)C1=C(C)NC(C)=C(S(=O)(=O)c2ccc(OC(C)OC(C)C)cc2)C1c1cccc(Cl)c1Cl. The van der Waals surface area contributed by atoms with E-state index in [-0.39, 0.29) is 31.5 Å². The van der Waals surface area contributed by atoms with Crippen LogP contribution in [0.25, 0.3) is 0 Å². The smallest absolute Gasteiger partial charge is 0.336 e. The van der Waals surface area contributed by atoms with Gasteiger partial charge in [0.15, 0.2) is 6.29 Å². The number of dihydropyridines is 1. The van der Waals surface area contributed by atoms with Crippen LogP contribution in [0.2, 0.25) is 10.0 Å². The van der Waals surface area contributed by atoms with Gasteiger partial charge in [0.1, 0.15) is 5.75 Å². The lowest BCUT2D eigenvalue weighted by Gasteiger charge is -2.31. The van der Waals surface area contributed by atoms with E-state index in [0.717, 1.165) is 0 Å². The second kappa shape index (κ2) is 11.3. The quantitative estimate of drug-likeness (QED) is 0.317. The Morgan fingerprint density at radius 1 is 1.00 bits per heavy atom. The first-order chi connectivity index (χ1) is 16.9. The van der Waals surface area contributed by atoms with Crippen LogP contribution in [0.5, 0.6) is 5.75 Å². The molecule has 0 radical (unpaired) electrons. The molecule has 3 rings (SSSR count). The highest BCUT2D eigenvalue weighted by Crippen LogP contribution is 2.46. The molecule has 194 valence electrons. The van der Waals surface area contributed by atoms with Crippen molar-refractivity contribution in [3.8, 4) is 5.75 Å². The molecule has 7 nitrogen and oxygen atoms in total. The van der Waals surface area contributed by atoms with Gasteiger partial charge in [-0.15, -0.1) is 0 Å². The highest BCUT2D eigenvalue weighted by atomic mass is 35.5. The van der Waals surface area contributed by atoms with Gasteiger partial charge in [-0.1, -0.05) is 35.3 Å². The van der Waals surface area contributed by atoms with E-state index < -0.39 is 28.0 Å². The maximum absolute atomic E-state index is 14.0. The minimum atomic E-state index is -4.11. The van der Waals surface area contributed by atoms with Crippen molar-refractivity contribution < 1.29 is 27.4 Å². The predicted octanol–water partition coefficient (Wildman–Crippen LogP) is 5.98. The number of hydrogen-bond donors (Lipinski definition) is 1. The van der Waals surface area contributed by atoms with Crippen LogP contribution >= 0.6 is 23.2 Å². The van der Waals surface area contributed by atoms with Crippen LogP contribution in [0.15, 0.2) is 69.2 Å². The number of nitrogens with one attached hydrogen (secondary N) is 1. The van der Waals surface area contributed by atoms with Crippen molar-refractivity contribution in [1.29, 1.82) is 0 Å². The average molecular weight is 554 g/mol. The van der Waals surface area contributed by atoms with Crippen molar-refractivity contribution in [1.82, 2.24) is 5.32 Å². The maximum Gasteiger partial charge on any atom is 0.336 e. The van der Waals surface area contributed by atoms with E-state index in [1.165, 1.54) is 19.2 Å². The molecule has 2 aromatic carbocycles. The highest BCUT2D eigenvalue weighted by Gasteiger charge is 2.41. The monoisotopic (exact) mass is 553 g/mol. The van der Waals surface area contributed by atoms with Crippen LogP contribution in [0, 0.1) is 0 Å². The maximum atomic E-state index is 14.0. The lowest BCUT2D eigenvalue weighted by atomic mass is 9.86. The summed E-state index contributed by atoms with van der Waals surface area (Å²) in [6, 6.07) is 10.9. The first kappa shape index (κ1) is 28.1. The van der Waals surface area contributed by atoms with Crippen LogP contribution in [-0.2, 0) is 24.1 Å². The number of sulfone groups is 1. The Kier molecular flexibility index (Phi) is 8.77. The van der Waals surface area contributed by atoms with Crippen molar-refractivity contribution >= 4 is 39.0 Å². The fourth-order valence-corrected chi connectivity index (χ4v) is 6.35. The van der Waals surface area contributed by atoms with Gasteiger partial charge in [-0.3, -0.25) is 0 Å². The molecule has 0 aromatic heterocycles. The third kappa shape index (κ3) is 5.72. The number of benzene rings is 2. The molecular formula is C26H29Cl2NO6S. The van der Waals surface area contributed by atoms with Crippen molar-refractivity contribution in [2.45, 2.75) is 57.8 Å². The lowest BCUT2D eigenvalue weighted by Crippen LogP contribution is -2.31. The summed E-state index contributed by atoms with van der Waals surface area (Å²) >= 11 is 12.8. The molecule has 1 aliphatic heterocycles. The zero-order valence-electron chi connectivity index (χ0n) is 20.9. The molecule has 0 amide bonds. The van der Waals surface area contributed by atoms with Crippen LogP contribution in [0.1, 0.15) is 46.1 Å². The molecule has 0 saturated heterocycles. The number of halogens is 2. The van der Waals surface area contributed by atoms with Gasteiger partial charge < -0.3 is 19.5 Å². The fourth-order valence-electron chi connectivity index (χ4n) is 4.18. The lowest BCUT2D eigenvalue weighted by molar-refractivity contribution is -0.136. The molecule has 2 unspecified atom stereocenters. The molecule has 0 aliphatic carbocycles. The third-order valence-corrected chi connectivity index (χ3v) is 8.43. The van der Waals surface area contributed by atoms with Gasteiger partial charge in [0, 0.05) is 11.4 Å². The van der Waals surface area contributed by atoms with Crippen molar-refractivity contribution in [3.63, 3.8) is 0 Å². The number of carbonyl (C=O) groups is 1. The van der Waals surface area contributed by atoms with Gasteiger partial charge in [-0.25, -0.2) is 13.2 Å². The van der Waals surface area contributed by atoms with E-state index >= 15 is 0 Å². The minimum absolute atomic E-state index is 0.0235. The van der Waals surface area contributed by atoms with E-state index in [0.29, 0.717) is 22.7 Å². The summed E-state index contributed by atoms with van der Waals surface area (Å²) in [5.41, 5.74) is 1.33. The molecule has 36 heavy (non-hydrogen) atoms. The fraction of sp³-hybridized carbons (Fsp3) is 0.346. The summed E-state index contributed by atoms with van der Waals surface area (Å²) in [6.45, 7) is 8.86. The van der Waals surface area contributed by atoms with Gasteiger partial charge in [0.2, 0.25) is 9.84 Å². The van der Waals surface area contributed by atoms with Crippen molar-refractivity contribution in [2.75, 3.05) is 7.11 Å². The van der Waals surface area contributed by atoms with Crippen LogP contribution in [0.3, 0.4) is 0 Å². The normalized spacial score (nSPS) is 17.2. The Hall–Kier alpha value is -2.52. The Morgan fingerprint density at radius 2 is 1.64 bits per heavy atom. The molecule has 0 saturated carbocycles. The molecule has 2 atom stereocenters. The topological polar surface area (TPSA) is 90.9 Å². The molecule has 2 aromatic rings. The third-order valence-electron chi connectivity index (χ3n) is 5.59. The van der Waals surface area contributed by atoms with Crippen molar-refractivity contribution in [2.24, 2.45) is 0 Å². The van der Waals surface area contributed by atoms with E-state index in [1.807, 2.05) is 13.8 Å². The summed E-state index contributed by atoms with van der Waals surface area (Å²) in [5, 5.41) is 3.42. The second-order valence-corrected chi connectivity index (χ2v) is 11.3. The minimum Gasteiger partial charge on any atom is -0.466 e. The molecule has 0 bridgehead atoms. The Balaban J connectivity index is 2.12. The summed E-state index contributed by atoms with van der Waals surface area (Å²) in [7, 11) is -2.88. The molecule has 0 fully saturated rings. The highest BCUT2D eigenvalue weighted by molar-refractivity contribution is 7.95. The van der Waals surface area contributed by atoms with Crippen LogP contribution in [0.4, 0.5) is 0 Å². The molecule has 1 heterocycles. The van der Waals surface area contributed by atoms with Gasteiger partial charge >= 0.3 is 5.97 Å². The van der Waals surface area contributed by atoms with Crippen molar-refractivity contribution in [3.05, 3.63) is 79.9 Å². The molecule has 10 heteroatoms.